The van der Waals surface area contributed by atoms with Crippen molar-refractivity contribution in [3.05, 3.63) is 64.5 Å². The van der Waals surface area contributed by atoms with Gasteiger partial charge in [-0.3, -0.25) is 58.8 Å². The van der Waals surface area contributed by atoms with E-state index in [-0.39, 0.29) is 53.8 Å². The number of anilines is 1. The molecule has 0 spiro atoms. The van der Waals surface area contributed by atoms with Crippen LogP contribution in [0.4, 0.5) is 10.1 Å². The first-order chi connectivity index (χ1) is 30.9. The van der Waals surface area contributed by atoms with Crippen molar-refractivity contribution in [1.82, 2.24) is 20.4 Å². The fraction of sp³-hybridized carbons (Fsp3) is 0.429. The Morgan fingerprint density at radius 3 is 1.48 bits per heavy atom. The number of carbonyl (C=O) groups excluding carboxylic acids is 8. The minimum Gasteiger partial charge on any atom is -0.384 e. The molecule has 4 aliphatic heterocycles. The number of unbranched alkanes of at least 4 members (excludes halogenated alkanes) is 3. The third kappa shape index (κ3) is 16.7. The van der Waals surface area contributed by atoms with E-state index >= 15 is 0 Å². The maximum Gasteiger partial charge on any atom is 0.265 e. The molecule has 15 nitrogen and oxygen atoms in total. The maximum absolute atomic E-state index is 13.7. The van der Waals surface area contributed by atoms with Crippen LogP contribution in [0.3, 0.4) is 0 Å². The highest BCUT2D eigenvalue weighted by atomic mass is 33.5. The number of benzene rings is 2. The zero-order chi connectivity index (χ0) is 47.0. The maximum atomic E-state index is 13.7. The number of nitrogens with one attached hydrogen (secondary N) is 3. The molecule has 2 fully saturated rings. The average Bonchev–Trinajstić information content (AvgIpc) is 3.69. The summed E-state index contributed by atoms with van der Waals surface area (Å²) >= 11 is 9.40. The van der Waals surface area contributed by atoms with Gasteiger partial charge in [0.25, 0.3) is 23.6 Å². The summed E-state index contributed by atoms with van der Waals surface area (Å²) < 4.78 is 13.7. The topological polar surface area (TPSA) is 231 Å². The molecule has 2 aromatic rings. The van der Waals surface area contributed by atoms with Gasteiger partial charge in [0.1, 0.15) is 17.9 Å². The van der Waals surface area contributed by atoms with E-state index in [0.717, 1.165) is 35.3 Å². The summed E-state index contributed by atoms with van der Waals surface area (Å²) in [6.45, 7) is 4.26. The summed E-state index contributed by atoms with van der Waals surface area (Å²) in [5.74, 6) is -5.50. The van der Waals surface area contributed by atoms with E-state index in [2.05, 4.69) is 22.9 Å². The number of hydrogen-bond donors (Lipinski definition) is 5. The van der Waals surface area contributed by atoms with Crippen molar-refractivity contribution in [2.24, 2.45) is 11.5 Å². The van der Waals surface area contributed by atoms with Crippen molar-refractivity contribution >= 4 is 173 Å². The highest BCUT2D eigenvalue weighted by Gasteiger charge is 2.47. The van der Waals surface area contributed by atoms with Crippen LogP contribution in [0.2, 0.25) is 0 Å². The summed E-state index contributed by atoms with van der Waals surface area (Å²) in [6, 6.07) is 6.74. The van der Waals surface area contributed by atoms with Gasteiger partial charge < -0.3 is 16.8 Å². The highest BCUT2D eigenvalue weighted by molar-refractivity contribution is 8.75. The number of carbonyl (C=O) groups is 8. The Bertz CT molecular complexity index is 2610. The molecule has 2 atom stereocenters. The zero-order valence-corrected chi connectivity index (χ0v) is 44.2. The number of amides is 8. The third-order valence-corrected chi connectivity index (χ3v) is 31.1. The molecule has 7 N–H and O–H groups in total. The number of rotatable bonds is 10. The Morgan fingerprint density at radius 1 is 0.625 bits per heavy atom. The predicted molar refractivity (Wildman–Crippen MR) is 277 cm³/mol. The van der Waals surface area contributed by atoms with Gasteiger partial charge in [-0.05, 0) is 69.5 Å². The molecule has 8 amide bonds. The Labute approximate surface area is 409 Å². The second-order valence-electron chi connectivity index (χ2n) is 13.0. The van der Waals surface area contributed by atoms with Crippen LogP contribution in [0.25, 0.3) is 0 Å². The molecule has 0 aliphatic carbocycles. The van der Waals surface area contributed by atoms with Crippen LogP contribution in [0.1, 0.15) is 106 Å². The highest BCUT2D eigenvalue weighted by Crippen LogP contribution is 2.33. The summed E-state index contributed by atoms with van der Waals surface area (Å²) in [7, 11) is 18.1. The van der Waals surface area contributed by atoms with Gasteiger partial charge in [0.2, 0.25) is 23.6 Å². The number of nitrogens with two attached hydrogens (primary N) is 2. The molecule has 4 heterocycles. The van der Waals surface area contributed by atoms with Gasteiger partial charge in [-0.25, -0.2) is 4.39 Å². The van der Waals surface area contributed by atoms with Gasteiger partial charge in [0, 0.05) is 145 Å². The van der Waals surface area contributed by atoms with Crippen molar-refractivity contribution in [2.45, 2.75) is 76.8 Å². The Kier molecular flexibility index (Phi) is 26.8. The predicted octanol–water partition coefficient (Wildman–Crippen LogP) is 1.57. The van der Waals surface area contributed by atoms with Crippen molar-refractivity contribution in [3.63, 3.8) is 0 Å². The molecule has 2 unspecified atom stereocenters. The minimum atomic E-state index is -1.07. The van der Waals surface area contributed by atoms with Crippen molar-refractivity contribution in [2.75, 3.05) is 25.0 Å². The smallest absolute Gasteiger partial charge is 0.265 e. The van der Waals surface area contributed by atoms with E-state index < -0.39 is 59.3 Å². The van der Waals surface area contributed by atoms with E-state index in [4.69, 9.17) is 33.8 Å². The first-order valence-electron chi connectivity index (χ1n) is 18.9. The molecule has 2 aromatic carbocycles. The standard InChI is InChI=1S/C17H20N4O4.C13H9FN2O4.C5H13N.S13/c18-8-1-2-9-19-11-5-3-4-10-14(11)17(25)21(16(10)24)12-6-7-13(22)20-15(12)23;14-7-3-1-2-6-10(7)13(20)16(12(6)19)8-4-5-9(17)15-11(8)18;1-2-3-4-5-6;1-3-5-7-9-11-13-12-10-8-6-4-2/h3-5,12,19H,1-2,6-9,18H2,(H,20,22,23);1-3,8H,4-5H2,(H,15,17,18);2-6H2,1H3;. The van der Waals surface area contributed by atoms with E-state index in [9.17, 15) is 42.7 Å². The second kappa shape index (κ2) is 30.7. The van der Waals surface area contributed by atoms with Crippen LogP contribution in [0.15, 0.2) is 36.4 Å². The lowest BCUT2D eigenvalue weighted by molar-refractivity contribution is -0.137. The SMILES string of the molecule is CCCCCN.NCCCCNc1cccc2c1C(=O)N(C1CCC(=O)NC1=O)C2=O.O=C1CCC(N2C(=O)c3cccc(F)c3C2=O)C(=O)N1.S=S=S=S=S=S=S=S=S=S=S=S=S. The van der Waals surface area contributed by atoms with Crippen LogP contribution in [-0.4, -0.2) is 88.8 Å². The van der Waals surface area contributed by atoms with E-state index in [1.807, 2.05) is 0 Å². The fourth-order valence-electron chi connectivity index (χ4n) is 6.12. The molecule has 0 aromatic heterocycles. The van der Waals surface area contributed by atoms with E-state index in [1.165, 1.54) is 49.2 Å². The molecule has 0 bridgehead atoms. The summed E-state index contributed by atoms with van der Waals surface area (Å²) in [5.41, 5.74) is 11.4. The van der Waals surface area contributed by atoms with Gasteiger partial charge in [-0.1, -0.05) is 31.9 Å². The largest absolute Gasteiger partial charge is 0.384 e. The average molecular weight is 1120 g/mol. The number of hydrogen-bond acceptors (Lipinski definition) is 13. The summed E-state index contributed by atoms with van der Waals surface area (Å²) in [5, 5.41) is 7.42. The van der Waals surface area contributed by atoms with Crippen LogP contribution in [0.5, 0.6) is 0 Å². The number of halogens is 1. The zero-order valence-electron chi connectivity index (χ0n) is 33.6. The van der Waals surface area contributed by atoms with Gasteiger partial charge in [0.15, 0.2) is 0 Å². The molecular weight excluding hydrogens is 1080 g/mol. The number of imide groups is 4. The van der Waals surface area contributed by atoms with Crippen molar-refractivity contribution < 1.29 is 42.7 Å². The molecule has 0 radical (unpaired) electrons. The Balaban J connectivity index is 0.000000250. The van der Waals surface area contributed by atoms with E-state index in [1.54, 1.807) is 98.1 Å². The van der Waals surface area contributed by atoms with Gasteiger partial charge >= 0.3 is 0 Å². The lowest BCUT2D eigenvalue weighted by Gasteiger charge is -2.27. The molecule has 29 heteroatoms. The summed E-state index contributed by atoms with van der Waals surface area (Å²) in [4.78, 5) is 97.7. The fourth-order valence-corrected chi connectivity index (χ4v) is 30.8. The molecular formula is C35H42FN7O8S13. The Morgan fingerprint density at radius 2 is 1.06 bits per heavy atom. The normalized spacial score (nSPS) is 16.9. The summed E-state index contributed by atoms with van der Waals surface area (Å²) in [6.07, 6.45) is 5.80. The monoisotopic (exact) mass is 1120 g/mol. The molecule has 64 heavy (non-hydrogen) atoms. The van der Waals surface area contributed by atoms with E-state index in [0.29, 0.717) is 18.8 Å². The van der Waals surface area contributed by atoms with Gasteiger partial charge in [-0.15, -0.1) is 0 Å². The quantitative estimate of drug-likeness (QED) is 0.168. The second-order valence-corrected chi connectivity index (χ2v) is 32.4. The van der Waals surface area contributed by atoms with Crippen molar-refractivity contribution in [1.29, 1.82) is 0 Å². The number of piperidine rings is 2. The van der Waals surface area contributed by atoms with Crippen molar-refractivity contribution in [3.8, 4) is 0 Å². The number of fused-ring (bicyclic) bond motifs is 2. The lowest BCUT2D eigenvalue weighted by Crippen LogP contribution is -2.54. The first-order valence-corrected chi connectivity index (χ1v) is 34.9. The van der Waals surface area contributed by atoms with Crippen LogP contribution in [-0.2, 0) is 139 Å². The third-order valence-electron chi connectivity index (χ3n) is 8.92. The van der Waals surface area contributed by atoms with Gasteiger partial charge in [0.05, 0.1) is 22.3 Å². The molecule has 2 saturated heterocycles. The minimum absolute atomic E-state index is 0.0340. The molecule has 6 rings (SSSR count). The van der Waals surface area contributed by atoms with Crippen LogP contribution < -0.4 is 27.4 Å². The lowest BCUT2D eigenvalue weighted by atomic mass is 10.0. The molecule has 4 aliphatic rings. The Hall–Kier alpha value is -2.49. The van der Waals surface area contributed by atoms with Crippen LogP contribution >= 0.6 is 0 Å². The van der Waals surface area contributed by atoms with Crippen LogP contribution in [0, 0.1) is 5.82 Å². The first kappa shape index (κ1) is 55.8. The number of nitrogens with zero attached hydrogens (tertiary/aromatic N) is 2. The molecule has 0 saturated carbocycles. The molecule has 350 valence electrons. The van der Waals surface area contributed by atoms with Gasteiger partial charge in [-0.2, -0.15) is 0 Å².